The second-order valence-corrected chi connectivity index (χ2v) is 16.8. The lowest BCUT2D eigenvalue weighted by atomic mass is 9.90. The van der Waals surface area contributed by atoms with Crippen molar-refractivity contribution in [1.82, 2.24) is 14.6 Å². The molecule has 17 heteroatoms. The van der Waals surface area contributed by atoms with Gasteiger partial charge in [0.05, 0.1) is 37.1 Å². The average Bonchev–Trinajstić information content (AvgIpc) is 3.44. The van der Waals surface area contributed by atoms with E-state index in [0.29, 0.717) is 17.7 Å². The number of phosphoric ester groups is 1. The van der Waals surface area contributed by atoms with E-state index < -0.39 is 55.9 Å². The molecular weight excluding hydrogens is 770 g/mol. The fourth-order valence-corrected chi connectivity index (χ4v) is 8.56. The molecule has 0 bridgehead atoms. The van der Waals surface area contributed by atoms with E-state index in [0.717, 1.165) is 31.7 Å². The van der Waals surface area contributed by atoms with Crippen molar-refractivity contribution in [3.8, 4) is 12.1 Å². The van der Waals surface area contributed by atoms with Crippen molar-refractivity contribution in [1.29, 1.82) is 10.5 Å². The number of nitrogen functional groups attached to an aromatic ring is 1. The second kappa shape index (κ2) is 21.6. The van der Waals surface area contributed by atoms with Crippen LogP contribution in [0, 0.1) is 28.5 Å². The Labute approximate surface area is 339 Å². The van der Waals surface area contributed by atoms with Crippen LogP contribution in [0.5, 0.6) is 0 Å². The van der Waals surface area contributed by atoms with Crippen LogP contribution in [0.25, 0.3) is 5.52 Å². The highest BCUT2D eigenvalue weighted by Crippen LogP contribution is 2.63. The second-order valence-electron chi connectivity index (χ2n) is 15.4. The first kappa shape index (κ1) is 45.5. The number of hydrogen-bond donors (Lipinski definition) is 4. The maximum Gasteiger partial charge on any atom is 0.472 e. The van der Waals surface area contributed by atoms with Gasteiger partial charge in [0.15, 0.2) is 11.4 Å². The maximum absolute atomic E-state index is 14.1. The van der Waals surface area contributed by atoms with Crippen LogP contribution >= 0.6 is 7.82 Å². The van der Waals surface area contributed by atoms with Gasteiger partial charge in [-0.05, 0) is 42.3 Å². The molecule has 0 radical (unpaired) electrons. The van der Waals surface area contributed by atoms with Crippen LogP contribution in [0.1, 0.15) is 126 Å². The number of benzene rings is 1. The molecule has 1 saturated carbocycles. The minimum Gasteiger partial charge on any atom is -0.385 e. The van der Waals surface area contributed by atoms with Crippen LogP contribution < -0.4 is 5.73 Å². The van der Waals surface area contributed by atoms with Gasteiger partial charge in [0.1, 0.15) is 48.1 Å². The Morgan fingerprint density at radius 2 is 1.62 bits per heavy atom. The van der Waals surface area contributed by atoms with Gasteiger partial charge < -0.3 is 35.1 Å². The molecule has 2 unspecified atom stereocenters. The van der Waals surface area contributed by atoms with Crippen LogP contribution in [0.4, 0.5) is 10.2 Å². The quantitative estimate of drug-likeness (QED) is 0.0431. The normalized spacial score (nSPS) is 23.9. The van der Waals surface area contributed by atoms with Crippen molar-refractivity contribution in [3.63, 3.8) is 0 Å². The number of fused-ring (bicyclic) bond motifs is 2. The predicted molar refractivity (Wildman–Crippen MR) is 211 cm³/mol. The zero-order valence-electron chi connectivity index (χ0n) is 33.3. The van der Waals surface area contributed by atoms with E-state index >= 15 is 0 Å². The van der Waals surface area contributed by atoms with Gasteiger partial charge in [-0.3, -0.25) is 9.05 Å². The van der Waals surface area contributed by atoms with Gasteiger partial charge in [-0.15, -0.1) is 0 Å². The topological polar surface area (TPSA) is 228 Å². The molecule has 318 valence electrons. The molecule has 1 saturated heterocycles. The largest absolute Gasteiger partial charge is 0.472 e. The summed E-state index contributed by atoms with van der Waals surface area (Å²) < 4.78 is 56.6. The molecule has 2 aromatic heterocycles. The lowest BCUT2D eigenvalue weighted by Gasteiger charge is -2.29. The van der Waals surface area contributed by atoms with Gasteiger partial charge in [0.25, 0.3) is 0 Å². The highest BCUT2D eigenvalue weighted by atomic mass is 31.2. The van der Waals surface area contributed by atoms with Crippen LogP contribution in [-0.2, 0) is 40.0 Å². The summed E-state index contributed by atoms with van der Waals surface area (Å²) in [7, 11) is -4.93. The summed E-state index contributed by atoms with van der Waals surface area (Å²) >= 11 is 0. The third kappa shape index (κ3) is 11.6. The first-order chi connectivity index (χ1) is 28.0. The number of aliphatic hydroxyl groups is 2. The van der Waals surface area contributed by atoms with Crippen molar-refractivity contribution in [2.45, 2.75) is 152 Å². The van der Waals surface area contributed by atoms with Gasteiger partial charge in [-0.1, -0.05) is 103 Å². The van der Waals surface area contributed by atoms with Crippen LogP contribution in [-0.4, -0.2) is 79.5 Å². The number of aliphatic hydroxyl groups excluding tert-OH is 1. The van der Waals surface area contributed by atoms with E-state index in [1.807, 2.05) is 12.1 Å². The van der Waals surface area contributed by atoms with Crippen molar-refractivity contribution in [3.05, 3.63) is 59.3 Å². The Morgan fingerprint density at radius 3 is 2.21 bits per heavy atom. The SMILES string of the molecule is CCCCCCCCCCCCCCCCCCOC[C@H](COP(=O)(O)OC1[C@H]2O[C@@](C#N)(c3ccc4c(N)ncnn34)[C@H](O)[C@@]12O)OCc1cc(F)cc(C#N)c1. The van der Waals surface area contributed by atoms with Gasteiger partial charge in [-0.25, -0.2) is 18.5 Å². The van der Waals surface area contributed by atoms with E-state index in [1.54, 1.807) is 0 Å². The molecule has 0 amide bonds. The standard InChI is InChI=1S/C41H58FN6O9P/c1-2-3-4-5-6-7-8-9-10-11-12-13-14-15-16-17-20-53-26-33(54-25-31-21-30(24-43)22-32(42)23-31)27-55-58(51,52)57-37-36-41(37,50)39(49)40(28-44,56-36)35-19-18-34-38(45)46-29-47-48(34)35/h18-19,21-23,29,33,36-37,39,49-50H,2-17,20,25-27H2,1H3,(H,51,52)(H2,45,46,47)/t33-,36-,37?,39+,40+,41+/m1/s1. The van der Waals surface area contributed by atoms with Crippen molar-refractivity contribution in [2.75, 3.05) is 25.6 Å². The number of rotatable bonds is 28. The lowest BCUT2D eigenvalue weighted by Crippen LogP contribution is -2.47. The maximum atomic E-state index is 14.1. The average molecular weight is 829 g/mol. The van der Waals surface area contributed by atoms with E-state index in [4.69, 9.17) is 29.0 Å². The third-order valence-electron chi connectivity index (χ3n) is 10.9. The fourth-order valence-electron chi connectivity index (χ4n) is 7.58. The van der Waals surface area contributed by atoms with Crippen LogP contribution in [0.15, 0.2) is 36.7 Å². The van der Waals surface area contributed by atoms with E-state index in [-0.39, 0.29) is 30.3 Å². The van der Waals surface area contributed by atoms with Crippen LogP contribution in [0.3, 0.4) is 0 Å². The Hall–Kier alpha value is -3.54. The lowest BCUT2D eigenvalue weighted by molar-refractivity contribution is -0.107. The number of phosphoric acid groups is 1. The number of halogens is 1. The highest BCUT2D eigenvalue weighted by molar-refractivity contribution is 7.47. The summed E-state index contributed by atoms with van der Waals surface area (Å²) in [4.78, 5) is 14.6. The van der Waals surface area contributed by atoms with Gasteiger partial charge in [0, 0.05) is 6.61 Å². The Kier molecular flexibility index (Phi) is 17.0. The summed E-state index contributed by atoms with van der Waals surface area (Å²) in [6.45, 7) is 2.00. The summed E-state index contributed by atoms with van der Waals surface area (Å²) in [5, 5.41) is 46.0. The number of nitrogens with two attached hydrogens (primary N) is 1. The Morgan fingerprint density at radius 1 is 0.983 bits per heavy atom. The van der Waals surface area contributed by atoms with Crippen molar-refractivity contribution in [2.24, 2.45) is 0 Å². The molecule has 15 nitrogen and oxygen atoms in total. The summed E-state index contributed by atoms with van der Waals surface area (Å²) in [6.07, 6.45) is 15.4. The minimum atomic E-state index is -4.93. The van der Waals surface area contributed by atoms with Crippen LogP contribution in [0.2, 0.25) is 0 Å². The zero-order chi connectivity index (χ0) is 41.6. The fraction of sp³-hybridized carbons (Fsp3) is 0.659. The van der Waals surface area contributed by atoms with Crippen molar-refractivity contribution < 1.29 is 47.3 Å². The van der Waals surface area contributed by atoms with Gasteiger partial charge in [-0.2, -0.15) is 15.6 Å². The monoisotopic (exact) mass is 828 g/mol. The molecule has 5 N–H and O–H groups in total. The van der Waals surface area contributed by atoms with Gasteiger partial charge >= 0.3 is 7.82 Å². The highest BCUT2D eigenvalue weighted by Gasteiger charge is 2.83. The number of nitriles is 2. The summed E-state index contributed by atoms with van der Waals surface area (Å²) in [6, 6.07) is 10.5. The molecule has 7 atom stereocenters. The first-order valence-corrected chi connectivity index (χ1v) is 22.1. The minimum absolute atomic E-state index is 0.0268. The van der Waals surface area contributed by atoms with E-state index in [2.05, 4.69) is 17.0 Å². The van der Waals surface area contributed by atoms with Crippen molar-refractivity contribution >= 4 is 19.2 Å². The molecule has 0 spiro atoms. The Bertz CT molecular complexity index is 1910. The molecule has 58 heavy (non-hydrogen) atoms. The molecule has 2 aliphatic rings. The third-order valence-corrected chi connectivity index (χ3v) is 11.9. The molecule has 1 aromatic carbocycles. The number of anilines is 1. The van der Waals surface area contributed by atoms with E-state index in [9.17, 15) is 34.6 Å². The number of unbranched alkanes of at least 4 members (excludes halogenated alkanes) is 15. The number of aromatic nitrogens is 3. The molecule has 5 rings (SSSR count). The molecule has 2 fully saturated rings. The summed E-state index contributed by atoms with van der Waals surface area (Å²) in [5.41, 5.74) is 2.44. The zero-order valence-corrected chi connectivity index (χ0v) is 34.2. The molecule has 3 aromatic rings. The van der Waals surface area contributed by atoms with E-state index in [1.165, 1.54) is 112 Å². The first-order valence-electron chi connectivity index (χ1n) is 20.6. The predicted octanol–water partition coefficient (Wildman–Crippen LogP) is 6.91. The number of ether oxygens (including phenoxy) is 3. The molecule has 1 aliphatic carbocycles. The Balaban J connectivity index is 1.05. The smallest absolute Gasteiger partial charge is 0.385 e. The molecular formula is C41H58FN6O9P. The molecule has 3 heterocycles. The number of hydrogen-bond acceptors (Lipinski definition) is 13. The summed E-state index contributed by atoms with van der Waals surface area (Å²) in [5.74, 6) is -0.500. The van der Waals surface area contributed by atoms with Gasteiger partial charge in [0.2, 0.25) is 5.60 Å². The molecule has 1 aliphatic heterocycles. The number of nitrogens with zero attached hydrogens (tertiary/aromatic N) is 5.